The molecule has 0 spiro atoms. The SMILES string of the molecule is COc1cnc2c(NCc3nnc4ccc(C(C)O)nn34)ccnc2c1. The van der Waals surface area contributed by atoms with Crippen LogP contribution in [0.15, 0.2) is 36.7 Å². The largest absolute Gasteiger partial charge is 0.495 e. The second-order valence-corrected chi connectivity index (χ2v) is 5.78. The molecule has 0 aromatic carbocycles. The Labute approximate surface area is 148 Å². The van der Waals surface area contributed by atoms with Gasteiger partial charge in [-0.25, -0.2) is 4.98 Å². The molecule has 0 saturated carbocycles. The lowest BCUT2D eigenvalue weighted by Crippen LogP contribution is -2.09. The van der Waals surface area contributed by atoms with E-state index in [2.05, 4.69) is 30.6 Å². The number of rotatable bonds is 5. The van der Waals surface area contributed by atoms with E-state index >= 15 is 0 Å². The number of hydrogen-bond donors (Lipinski definition) is 2. The van der Waals surface area contributed by atoms with Gasteiger partial charge in [0.25, 0.3) is 0 Å². The van der Waals surface area contributed by atoms with Crippen LogP contribution >= 0.6 is 0 Å². The maximum atomic E-state index is 9.72. The molecule has 0 bridgehead atoms. The highest BCUT2D eigenvalue weighted by Gasteiger charge is 2.11. The summed E-state index contributed by atoms with van der Waals surface area (Å²) in [5, 5.41) is 25.7. The van der Waals surface area contributed by atoms with Gasteiger partial charge in [0.15, 0.2) is 11.5 Å². The molecule has 0 aliphatic heterocycles. The minimum Gasteiger partial charge on any atom is -0.495 e. The molecule has 26 heavy (non-hydrogen) atoms. The van der Waals surface area contributed by atoms with E-state index < -0.39 is 6.10 Å². The molecule has 4 rings (SSSR count). The molecule has 4 aromatic rings. The normalized spacial score (nSPS) is 12.4. The van der Waals surface area contributed by atoms with E-state index in [1.54, 1.807) is 43.1 Å². The number of fused-ring (bicyclic) bond motifs is 2. The fourth-order valence-corrected chi connectivity index (χ4v) is 2.62. The third-order valence-electron chi connectivity index (χ3n) is 4.00. The highest BCUT2D eigenvalue weighted by Crippen LogP contribution is 2.23. The number of nitrogens with one attached hydrogen (secondary N) is 1. The molecule has 9 nitrogen and oxygen atoms in total. The summed E-state index contributed by atoms with van der Waals surface area (Å²) in [4.78, 5) is 8.73. The smallest absolute Gasteiger partial charge is 0.177 e. The van der Waals surface area contributed by atoms with Gasteiger partial charge in [-0.3, -0.25) is 4.98 Å². The summed E-state index contributed by atoms with van der Waals surface area (Å²) >= 11 is 0. The van der Waals surface area contributed by atoms with Crippen LogP contribution in [0.2, 0.25) is 0 Å². The Hall–Kier alpha value is -3.33. The molecule has 2 N–H and O–H groups in total. The van der Waals surface area contributed by atoms with Gasteiger partial charge < -0.3 is 15.2 Å². The fourth-order valence-electron chi connectivity index (χ4n) is 2.62. The zero-order chi connectivity index (χ0) is 18.1. The van der Waals surface area contributed by atoms with Gasteiger partial charge in [-0.05, 0) is 25.1 Å². The Bertz CT molecular complexity index is 1080. The first kappa shape index (κ1) is 16.2. The fraction of sp³-hybridized carbons (Fsp3) is 0.235. The van der Waals surface area contributed by atoms with Crippen LogP contribution in [0.4, 0.5) is 5.69 Å². The van der Waals surface area contributed by atoms with Crippen molar-refractivity contribution < 1.29 is 9.84 Å². The molecule has 0 fully saturated rings. The summed E-state index contributed by atoms with van der Waals surface area (Å²) in [5.41, 5.74) is 3.46. The van der Waals surface area contributed by atoms with Crippen molar-refractivity contribution in [2.75, 3.05) is 12.4 Å². The van der Waals surface area contributed by atoms with E-state index in [4.69, 9.17) is 4.74 Å². The Morgan fingerprint density at radius 2 is 2.12 bits per heavy atom. The number of nitrogens with zero attached hydrogens (tertiary/aromatic N) is 6. The predicted octanol–water partition coefficient (Wildman–Crippen LogP) is 1.74. The van der Waals surface area contributed by atoms with Gasteiger partial charge in [0.2, 0.25) is 0 Å². The van der Waals surface area contributed by atoms with Gasteiger partial charge in [-0.15, -0.1) is 10.2 Å². The third-order valence-corrected chi connectivity index (χ3v) is 4.00. The number of anilines is 1. The molecule has 1 atom stereocenters. The third kappa shape index (κ3) is 2.88. The maximum absolute atomic E-state index is 9.72. The average molecular weight is 351 g/mol. The van der Waals surface area contributed by atoms with Crippen LogP contribution in [0.25, 0.3) is 16.7 Å². The van der Waals surface area contributed by atoms with Crippen LogP contribution in [-0.2, 0) is 6.54 Å². The first-order valence-corrected chi connectivity index (χ1v) is 8.07. The summed E-state index contributed by atoms with van der Waals surface area (Å²) < 4.78 is 6.81. The molecule has 0 radical (unpaired) electrons. The Morgan fingerprint density at radius 3 is 2.92 bits per heavy atom. The van der Waals surface area contributed by atoms with Crippen LogP contribution in [0.5, 0.6) is 5.75 Å². The molecule has 1 unspecified atom stereocenters. The summed E-state index contributed by atoms with van der Waals surface area (Å²) in [5.74, 6) is 1.28. The Morgan fingerprint density at radius 1 is 1.23 bits per heavy atom. The number of aliphatic hydroxyl groups is 1. The maximum Gasteiger partial charge on any atom is 0.177 e. The van der Waals surface area contributed by atoms with Gasteiger partial charge in [0.1, 0.15) is 11.3 Å². The number of ether oxygens (including phenoxy) is 1. The predicted molar refractivity (Wildman–Crippen MR) is 94.8 cm³/mol. The van der Waals surface area contributed by atoms with Crippen LogP contribution < -0.4 is 10.1 Å². The lowest BCUT2D eigenvalue weighted by atomic mass is 10.2. The van der Waals surface area contributed by atoms with Crippen LogP contribution in [0.1, 0.15) is 24.5 Å². The van der Waals surface area contributed by atoms with Crippen molar-refractivity contribution in [3.05, 3.63) is 48.2 Å². The molecule has 0 aliphatic rings. The first-order chi connectivity index (χ1) is 12.7. The summed E-state index contributed by atoms with van der Waals surface area (Å²) in [7, 11) is 1.59. The highest BCUT2D eigenvalue weighted by atomic mass is 16.5. The molecule has 9 heteroatoms. The van der Waals surface area contributed by atoms with Crippen molar-refractivity contribution in [1.29, 1.82) is 0 Å². The molecule has 0 saturated heterocycles. The van der Waals surface area contributed by atoms with Crippen molar-refractivity contribution in [2.24, 2.45) is 0 Å². The lowest BCUT2D eigenvalue weighted by molar-refractivity contribution is 0.192. The van der Waals surface area contributed by atoms with Crippen LogP contribution in [-0.4, -0.2) is 42.0 Å². The van der Waals surface area contributed by atoms with E-state index in [1.807, 2.05) is 12.1 Å². The zero-order valence-corrected chi connectivity index (χ0v) is 14.3. The topological polar surface area (TPSA) is 110 Å². The summed E-state index contributed by atoms with van der Waals surface area (Å²) in [6.45, 7) is 2.06. The number of pyridine rings is 2. The van der Waals surface area contributed by atoms with Crippen LogP contribution in [0, 0.1) is 0 Å². The molecule has 132 valence electrons. The van der Waals surface area contributed by atoms with Crippen molar-refractivity contribution in [1.82, 2.24) is 29.8 Å². The van der Waals surface area contributed by atoms with Crippen LogP contribution in [0.3, 0.4) is 0 Å². The molecule has 4 heterocycles. The van der Waals surface area contributed by atoms with Gasteiger partial charge in [-0.1, -0.05) is 0 Å². The minimum absolute atomic E-state index is 0.393. The van der Waals surface area contributed by atoms with E-state index in [1.165, 1.54) is 0 Å². The molecular weight excluding hydrogens is 334 g/mol. The number of hydrogen-bond acceptors (Lipinski definition) is 8. The lowest BCUT2D eigenvalue weighted by Gasteiger charge is -2.09. The van der Waals surface area contributed by atoms with Crippen molar-refractivity contribution >= 4 is 22.4 Å². The van der Waals surface area contributed by atoms with E-state index in [0.717, 1.165) is 16.7 Å². The summed E-state index contributed by atoms with van der Waals surface area (Å²) in [6.07, 6.45) is 2.70. The van der Waals surface area contributed by atoms with Gasteiger partial charge in [-0.2, -0.15) is 9.61 Å². The van der Waals surface area contributed by atoms with Gasteiger partial charge >= 0.3 is 0 Å². The van der Waals surface area contributed by atoms with Crippen molar-refractivity contribution in [2.45, 2.75) is 19.6 Å². The van der Waals surface area contributed by atoms with Gasteiger partial charge in [0.05, 0.1) is 42.9 Å². The minimum atomic E-state index is -0.661. The Kier molecular flexibility index (Phi) is 4.05. The quantitative estimate of drug-likeness (QED) is 0.559. The molecule has 0 amide bonds. The van der Waals surface area contributed by atoms with E-state index in [9.17, 15) is 5.11 Å². The molecule has 4 aromatic heterocycles. The second-order valence-electron chi connectivity index (χ2n) is 5.78. The average Bonchev–Trinajstić information content (AvgIpc) is 3.08. The molecule has 0 aliphatic carbocycles. The van der Waals surface area contributed by atoms with Crippen molar-refractivity contribution in [3.63, 3.8) is 0 Å². The molecular formula is C17H17N7O2. The zero-order valence-electron chi connectivity index (χ0n) is 14.3. The number of aliphatic hydroxyl groups excluding tert-OH is 1. The monoisotopic (exact) mass is 351 g/mol. The first-order valence-electron chi connectivity index (χ1n) is 8.07. The second kappa shape index (κ2) is 6.52. The number of aromatic nitrogens is 6. The van der Waals surface area contributed by atoms with Gasteiger partial charge in [0, 0.05) is 12.3 Å². The van der Waals surface area contributed by atoms with E-state index in [0.29, 0.717) is 29.5 Å². The van der Waals surface area contributed by atoms with Crippen molar-refractivity contribution in [3.8, 4) is 5.75 Å². The standard InChI is InChI=1S/C17H17N7O2/c1-10(25)12-3-4-15-21-22-16(24(15)23-12)9-19-13-5-6-18-14-7-11(26-2)8-20-17(13)14/h3-8,10,25H,9H2,1-2H3,(H,18,19). The highest BCUT2D eigenvalue weighted by molar-refractivity contribution is 5.87. The number of methoxy groups -OCH3 is 1. The Balaban J connectivity index is 1.64. The summed E-state index contributed by atoms with van der Waals surface area (Å²) in [6, 6.07) is 7.19. The van der Waals surface area contributed by atoms with E-state index in [-0.39, 0.29) is 0 Å².